The van der Waals surface area contributed by atoms with E-state index < -0.39 is 0 Å². The highest BCUT2D eigenvalue weighted by Gasteiger charge is 2.33. The Bertz CT molecular complexity index is 296. The van der Waals surface area contributed by atoms with Crippen molar-refractivity contribution in [3.05, 3.63) is 0 Å². The zero-order valence-electron chi connectivity index (χ0n) is 14.5. The number of methoxy groups -OCH3 is 1. The van der Waals surface area contributed by atoms with Gasteiger partial charge in [0.1, 0.15) is 0 Å². The summed E-state index contributed by atoms with van der Waals surface area (Å²) in [6.07, 6.45) is 7.60. The number of hydrogen-bond donors (Lipinski definition) is 2. The van der Waals surface area contributed by atoms with Crippen LogP contribution in [0.1, 0.15) is 59.3 Å². The summed E-state index contributed by atoms with van der Waals surface area (Å²) in [5, 5.41) is 6.82. The molecule has 1 aliphatic rings. The van der Waals surface area contributed by atoms with Gasteiger partial charge < -0.3 is 15.4 Å². The van der Waals surface area contributed by atoms with Crippen molar-refractivity contribution in [1.29, 1.82) is 0 Å². The number of guanidine groups is 1. The summed E-state index contributed by atoms with van der Waals surface area (Å²) in [5.41, 5.74) is 0.371. The van der Waals surface area contributed by atoms with Crippen molar-refractivity contribution in [2.75, 3.05) is 33.4 Å². The highest BCUT2D eigenvalue weighted by atomic mass is 16.5. The fraction of sp³-hybridized carbons (Fsp3) is 0.941. The minimum atomic E-state index is 0.371. The predicted octanol–water partition coefficient (Wildman–Crippen LogP) is 3.18. The maximum absolute atomic E-state index is 5.29. The van der Waals surface area contributed by atoms with Gasteiger partial charge in [-0.2, -0.15) is 0 Å². The Kier molecular flexibility index (Phi) is 8.74. The summed E-state index contributed by atoms with van der Waals surface area (Å²) < 4.78 is 5.29. The van der Waals surface area contributed by atoms with Crippen molar-refractivity contribution in [3.8, 4) is 0 Å². The van der Waals surface area contributed by atoms with E-state index in [1.54, 1.807) is 7.11 Å². The average Bonchev–Trinajstić information content (AvgIpc) is 2.91. The SMILES string of the molecule is CCNC(=NCC1(CCOC)CCCC1)NCCC(C)C. The van der Waals surface area contributed by atoms with Crippen molar-refractivity contribution in [1.82, 2.24) is 10.6 Å². The number of aliphatic imine (C=N–C) groups is 1. The number of hydrogen-bond acceptors (Lipinski definition) is 2. The average molecular weight is 297 g/mol. The van der Waals surface area contributed by atoms with Crippen LogP contribution in [0.5, 0.6) is 0 Å². The van der Waals surface area contributed by atoms with Crippen LogP contribution in [0.3, 0.4) is 0 Å². The van der Waals surface area contributed by atoms with Crippen LogP contribution in [0.15, 0.2) is 4.99 Å². The third kappa shape index (κ3) is 7.16. The maximum Gasteiger partial charge on any atom is 0.191 e. The fourth-order valence-corrected chi connectivity index (χ4v) is 3.00. The first-order chi connectivity index (χ1) is 10.1. The van der Waals surface area contributed by atoms with E-state index >= 15 is 0 Å². The summed E-state index contributed by atoms with van der Waals surface area (Å²) >= 11 is 0. The summed E-state index contributed by atoms with van der Waals surface area (Å²) in [6.45, 7) is 10.3. The Morgan fingerprint density at radius 1 is 1.24 bits per heavy atom. The molecule has 1 aliphatic carbocycles. The molecule has 1 saturated carbocycles. The molecule has 21 heavy (non-hydrogen) atoms. The van der Waals surface area contributed by atoms with Crippen LogP contribution in [0.4, 0.5) is 0 Å². The van der Waals surface area contributed by atoms with Crippen LogP contribution in [0.2, 0.25) is 0 Å². The van der Waals surface area contributed by atoms with E-state index in [1.165, 1.54) is 32.1 Å². The third-order valence-electron chi connectivity index (χ3n) is 4.43. The van der Waals surface area contributed by atoms with Crippen molar-refractivity contribution in [2.24, 2.45) is 16.3 Å². The minimum absolute atomic E-state index is 0.371. The van der Waals surface area contributed by atoms with Gasteiger partial charge in [0.25, 0.3) is 0 Å². The lowest BCUT2D eigenvalue weighted by molar-refractivity contribution is 0.141. The Hall–Kier alpha value is -0.770. The molecule has 0 heterocycles. The molecule has 124 valence electrons. The first-order valence-electron chi connectivity index (χ1n) is 8.63. The van der Waals surface area contributed by atoms with Gasteiger partial charge in [0.2, 0.25) is 0 Å². The lowest BCUT2D eigenvalue weighted by atomic mass is 9.83. The van der Waals surface area contributed by atoms with Gasteiger partial charge in [0, 0.05) is 33.4 Å². The third-order valence-corrected chi connectivity index (χ3v) is 4.43. The van der Waals surface area contributed by atoms with Gasteiger partial charge in [-0.15, -0.1) is 0 Å². The molecule has 1 fully saturated rings. The summed E-state index contributed by atoms with van der Waals surface area (Å²) in [7, 11) is 1.80. The van der Waals surface area contributed by atoms with Gasteiger partial charge in [0.15, 0.2) is 5.96 Å². The van der Waals surface area contributed by atoms with Crippen LogP contribution in [0.25, 0.3) is 0 Å². The van der Waals surface area contributed by atoms with Gasteiger partial charge in [-0.05, 0) is 43.9 Å². The quantitative estimate of drug-likeness (QED) is 0.507. The smallest absolute Gasteiger partial charge is 0.191 e. The predicted molar refractivity (Wildman–Crippen MR) is 90.8 cm³/mol. The Morgan fingerprint density at radius 2 is 1.95 bits per heavy atom. The molecule has 0 bridgehead atoms. The van der Waals surface area contributed by atoms with Crippen molar-refractivity contribution in [2.45, 2.75) is 59.3 Å². The molecule has 0 unspecified atom stereocenters. The molecule has 0 radical (unpaired) electrons. The molecule has 1 rings (SSSR count). The lowest BCUT2D eigenvalue weighted by Gasteiger charge is -2.27. The number of nitrogens with one attached hydrogen (secondary N) is 2. The van der Waals surface area contributed by atoms with Crippen LogP contribution >= 0.6 is 0 Å². The van der Waals surface area contributed by atoms with Crippen LogP contribution in [0, 0.1) is 11.3 Å². The highest BCUT2D eigenvalue weighted by Crippen LogP contribution is 2.41. The summed E-state index contributed by atoms with van der Waals surface area (Å²) in [5.74, 6) is 1.70. The van der Waals surface area contributed by atoms with Crippen molar-refractivity contribution in [3.63, 3.8) is 0 Å². The van der Waals surface area contributed by atoms with Crippen LogP contribution in [-0.2, 0) is 4.74 Å². The molecule has 4 heteroatoms. The largest absolute Gasteiger partial charge is 0.385 e. The fourth-order valence-electron chi connectivity index (χ4n) is 3.00. The zero-order chi connectivity index (χ0) is 15.6. The van der Waals surface area contributed by atoms with Crippen LogP contribution in [-0.4, -0.2) is 39.3 Å². The molecule has 0 spiro atoms. The van der Waals surface area contributed by atoms with E-state index in [2.05, 4.69) is 31.4 Å². The first kappa shape index (κ1) is 18.3. The standard InChI is InChI=1S/C17H35N3O/c1-5-18-16(19-12-8-15(2)3)20-14-17(11-13-21-4)9-6-7-10-17/h15H,5-14H2,1-4H3,(H2,18,19,20). The van der Waals surface area contributed by atoms with E-state index in [4.69, 9.17) is 9.73 Å². The molecular formula is C17H35N3O. The number of ether oxygens (including phenoxy) is 1. The molecule has 0 saturated heterocycles. The minimum Gasteiger partial charge on any atom is -0.385 e. The molecule has 0 amide bonds. The molecule has 0 aromatic rings. The van der Waals surface area contributed by atoms with E-state index in [0.29, 0.717) is 5.41 Å². The molecule has 4 nitrogen and oxygen atoms in total. The van der Waals surface area contributed by atoms with Crippen molar-refractivity contribution >= 4 is 5.96 Å². The molecular weight excluding hydrogens is 262 g/mol. The van der Waals surface area contributed by atoms with E-state index in [1.807, 2.05) is 0 Å². The Labute approximate surface area is 131 Å². The molecule has 0 aromatic heterocycles. The number of rotatable bonds is 9. The lowest BCUT2D eigenvalue weighted by Crippen LogP contribution is -2.39. The van der Waals surface area contributed by atoms with Gasteiger partial charge in [-0.1, -0.05) is 26.7 Å². The van der Waals surface area contributed by atoms with Gasteiger partial charge in [0.05, 0.1) is 0 Å². The highest BCUT2D eigenvalue weighted by molar-refractivity contribution is 5.79. The Balaban J connectivity index is 2.52. The van der Waals surface area contributed by atoms with Gasteiger partial charge in [-0.25, -0.2) is 0 Å². The van der Waals surface area contributed by atoms with E-state index in [-0.39, 0.29) is 0 Å². The number of nitrogens with zero attached hydrogens (tertiary/aromatic N) is 1. The van der Waals surface area contributed by atoms with E-state index in [9.17, 15) is 0 Å². The Morgan fingerprint density at radius 3 is 2.52 bits per heavy atom. The van der Waals surface area contributed by atoms with E-state index in [0.717, 1.165) is 44.5 Å². The molecule has 0 aromatic carbocycles. The zero-order valence-corrected chi connectivity index (χ0v) is 14.5. The van der Waals surface area contributed by atoms with Gasteiger partial charge in [-0.3, -0.25) is 4.99 Å². The molecule has 0 aliphatic heterocycles. The summed E-state index contributed by atoms with van der Waals surface area (Å²) in [6, 6.07) is 0. The monoisotopic (exact) mass is 297 g/mol. The summed E-state index contributed by atoms with van der Waals surface area (Å²) in [4.78, 5) is 4.86. The molecule has 2 N–H and O–H groups in total. The van der Waals surface area contributed by atoms with Crippen molar-refractivity contribution < 1.29 is 4.74 Å². The second kappa shape index (κ2) is 10.0. The second-order valence-corrected chi connectivity index (χ2v) is 6.75. The molecule has 0 atom stereocenters. The second-order valence-electron chi connectivity index (χ2n) is 6.75. The first-order valence-corrected chi connectivity index (χ1v) is 8.63. The van der Waals surface area contributed by atoms with Gasteiger partial charge >= 0.3 is 0 Å². The topological polar surface area (TPSA) is 45.7 Å². The maximum atomic E-state index is 5.29. The normalized spacial score (nSPS) is 18.2. The van der Waals surface area contributed by atoms with Crippen LogP contribution < -0.4 is 10.6 Å².